The van der Waals surface area contributed by atoms with Gasteiger partial charge in [-0.2, -0.15) is 0 Å². The van der Waals surface area contributed by atoms with Crippen LogP contribution in [0.25, 0.3) is 10.9 Å². The monoisotopic (exact) mass is 371 g/mol. The van der Waals surface area contributed by atoms with Crippen LogP contribution in [0.3, 0.4) is 0 Å². The minimum absolute atomic E-state index is 0.119. The number of hydrogen-bond acceptors (Lipinski definition) is 3. The molecule has 0 spiro atoms. The molecule has 1 amide bonds. The first-order valence-corrected chi connectivity index (χ1v) is 8.76. The summed E-state index contributed by atoms with van der Waals surface area (Å²) in [5.74, 6) is 0.328. The third-order valence-corrected chi connectivity index (χ3v) is 4.35. The molecule has 0 radical (unpaired) electrons. The van der Waals surface area contributed by atoms with Crippen molar-refractivity contribution in [1.29, 1.82) is 0 Å². The van der Waals surface area contributed by atoms with E-state index in [9.17, 15) is 4.79 Å². The van der Waals surface area contributed by atoms with Gasteiger partial charge in [0.25, 0.3) is 5.91 Å². The lowest BCUT2D eigenvalue weighted by atomic mass is 10.1. The maximum atomic E-state index is 12.4. The Balaban J connectivity index is 1.99. The first-order valence-electron chi connectivity index (χ1n) is 8.39. The van der Waals surface area contributed by atoms with Crippen LogP contribution in [0.2, 0.25) is 5.02 Å². The summed E-state index contributed by atoms with van der Waals surface area (Å²) in [6.45, 7) is 4.06. The second kappa shape index (κ2) is 7.00. The molecule has 0 saturated heterocycles. The Hall–Kier alpha value is -2.53. The van der Waals surface area contributed by atoms with Crippen LogP contribution in [0, 0.1) is 0 Å². The van der Waals surface area contributed by atoms with Gasteiger partial charge < -0.3 is 9.64 Å². The van der Waals surface area contributed by atoms with Crippen LogP contribution in [0.5, 0.6) is 5.88 Å². The fraction of sp³-hybridized carbons (Fsp3) is 0.300. The van der Waals surface area contributed by atoms with Gasteiger partial charge in [-0.3, -0.25) is 9.48 Å². The number of nitrogens with zero attached hydrogens (tertiary/aromatic N) is 3. The smallest absolute Gasteiger partial charge is 0.265 e. The van der Waals surface area contributed by atoms with Gasteiger partial charge in [0, 0.05) is 19.1 Å². The van der Waals surface area contributed by atoms with Crippen LogP contribution in [0.4, 0.5) is 0 Å². The van der Waals surface area contributed by atoms with Gasteiger partial charge in [-0.25, -0.2) is 0 Å². The van der Waals surface area contributed by atoms with Crippen LogP contribution >= 0.6 is 11.6 Å². The number of ether oxygens (including phenoxy) is 1. The van der Waals surface area contributed by atoms with Gasteiger partial charge in [0.2, 0.25) is 5.88 Å². The molecule has 136 valence electrons. The summed E-state index contributed by atoms with van der Waals surface area (Å²) in [7, 11) is 3.42. The van der Waals surface area contributed by atoms with Crippen LogP contribution < -0.4 is 4.74 Å². The summed E-state index contributed by atoms with van der Waals surface area (Å²) in [6.07, 6.45) is 0. The Morgan fingerprint density at radius 1 is 1.19 bits per heavy atom. The van der Waals surface area contributed by atoms with E-state index in [0.717, 1.165) is 16.5 Å². The number of carbonyl (C=O) groups excluding carboxylic acids is 1. The summed E-state index contributed by atoms with van der Waals surface area (Å²) in [5.41, 5.74) is 0.970. The molecular weight excluding hydrogens is 350 g/mol. The lowest BCUT2D eigenvalue weighted by molar-refractivity contribution is -0.142. The number of rotatable bonds is 5. The van der Waals surface area contributed by atoms with Crippen molar-refractivity contribution in [1.82, 2.24) is 14.7 Å². The van der Waals surface area contributed by atoms with Gasteiger partial charge in [-0.05, 0) is 43.7 Å². The highest BCUT2D eigenvalue weighted by molar-refractivity contribution is 6.30. The van der Waals surface area contributed by atoms with Crippen molar-refractivity contribution in [3.63, 3.8) is 0 Å². The van der Waals surface area contributed by atoms with Crippen LogP contribution in [-0.2, 0) is 11.3 Å². The number of fused-ring (bicyclic) bond motifs is 1. The number of amides is 1. The number of para-hydroxylation sites is 1. The van der Waals surface area contributed by atoms with Crippen molar-refractivity contribution >= 4 is 28.4 Å². The van der Waals surface area contributed by atoms with E-state index >= 15 is 0 Å². The van der Waals surface area contributed by atoms with E-state index in [1.54, 1.807) is 27.9 Å². The Bertz CT molecular complexity index is 947. The second-order valence-electron chi connectivity index (χ2n) is 6.92. The molecule has 26 heavy (non-hydrogen) atoms. The lowest BCUT2D eigenvalue weighted by Gasteiger charge is -2.27. The standard InChI is InChI=1S/C20H22ClN3O2/c1-20(2,19(25)23(3)4)26-18-16-10-5-6-11-17(16)24(22-18)13-14-8-7-9-15(21)12-14/h5-12H,13H2,1-4H3. The maximum absolute atomic E-state index is 12.4. The molecule has 2 aromatic carbocycles. The SMILES string of the molecule is CN(C)C(=O)C(C)(C)Oc1nn(Cc2cccc(Cl)c2)c2ccccc12. The number of benzene rings is 2. The van der Waals surface area contributed by atoms with Crippen LogP contribution in [-0.4, -0.2) is 40.3 Å². The Kier molecular flexibility index (Phi) is 4.92. The first kappa shape index (κ1) is 18.3. The molecule has 0 atom stereocenters. The van der Waals surface area contributed by atoms with Crippen molar-refractivity contribution in [2.24, 2.45) is 0 Å². The van der Waals surface area contributed by atoms with Gasteiger partial charge >= 0.3 is 0 Å². The van der Waals surface area contributed by atoms with E-state index in [1.165, 1.54) is 4.90 Å². The van der Waals surface area contributed by atoms with Gasteiger partial charge in [0.1, 0.15) is 0 Å². The molecule has 5 nitrogen and oxygen atoms in total. The molecule has 0 bridgehead atoms. The number of aromatic nitrogens is 2. The highest BCUT2D eigenvalue weighted by Crippen LogP contribution is 2.29. The molecular formula is C20H22ClN3O2. The average Bonchev–Trinajstić information content (AvgIpc) is 2.91. The molecule has 3 aromatic rings. The summed E-state index contributed by atoms with van der Waals surface area (Å²) < 4.78 is 7.90. The van der Waals surface area contributed by atoms with Gasteiger partial charge in [-0.1, -0.05) is 35.9 Å². The van der Waals surface area contributed by atoms with Crippen LogP contribution in [0.1, 0.15) is 19.4 Å². The predicted octanol–water partition coefficient (Wildman–Crippen LogP) is 3.98. The summed E-state index contributed by atoms with van der Waals surface area (Å²) in [6, 6.07) is 15.5. The Morgan fingerprint density at radius 3 is 2.62 bits per heavy atom. The van der Waals surface area contributed by atoms with Crippen molar-refractivity contribution in [2.45, 2.75) is 26.0 Å². The zero-order valence-electron chi connectivity index (χ0n) is 15.4. The summed E-state index contributed by atoms with van der Waals surface area (Å²) in [4.78, 5) is 13.9. The minimum Gasteiger partial charge on any atom is -0.460 e. The highest BCUT2D eigenvalue weighted by Gasteiger charge is 2.33. The molecule has 0 aliphatic rings. The molecule has 0 N–H and O–H groups in total. The van der Waals surface area contributed by atoms with Gasteiger partial charge in [0.05, 0.1) is 17.4 Å². The van der Waals surface area contributed by atoms with E-state index in [4.69, 9.17) is 16.3 Å². The maximum Gasteiger partial charge on any atom is 0.265 e. The normalized spacial score (nSPS) is 11.6. The number of likely N-dealkylation sites (N-methyl/N-ethyl adjacent to an activating group) is 1. The molecule has 0 saturated carbocycles. The van der Waals surface area contributed by atoms with E-state index in [-0.39, 0.29) is 5.91 Å². The lowest BCUT2D eigenvalue weighted by Crippen LogP contribution is -2.46. The predicted molar refractivity (Wildman–Crippen MR) is 104 cm³/mol. The molecule has 1 heterocycles. The first-order chi connectivity index (χ1) is 12.3. The fourth-order valence-corrected chi connectivity index (χ4v) is 3.14. The molecule has 3 rings (SSSR count). The van der Waals surface area contributed by atoms with Crippen molar-refractivity contribution in [3.05, 3.63) is 59.1 Å². The fourth-order valence-electron chi connectivity index (χ4n) is 2.92. The van der Waals surface area contributed by atoms with E-state index in [1.807, 2.05) is 53.2 Å². The number of halogens is 1. The molecule has 0 aliphatic heterocycles. The topological polar surface area (TPSA) is 47.4 Å². The van der Waals surface area contributed by atoms with Gasteiger partial charge in [-0.15, -0.1) is 5.10 Å². The molecule has 0 aliphatic carbocycles. The van der Waals surface area contributed by atoms with E-state index in [2.05, 4.69) is 5.10 Å². The third-order valence-electron chi connectivity index (χ3n) is 4.12. The van der Waals surface area contributed by atoms with Crippen molar-refractivity contribution in [2.75, 3.05) is 14.1 Å². The second-order valence-corrected chi connectivity index (χ2v) is 7.36. The molecule has 6 heteroatoms. The Morgan fingerprint density at radius 2 is 1.92 bits per heavy atom. The van der Waals surface area contributed by atoms with Gasteiger partial charge in [0.15, 0.2) is 5.60 Å². The van der Waals surface area contributed by atoms with Crippen molar-refractivity contribution < 1.29 is 9.53 Å². The van der Waals surface area contributed by atoms with Crippen LogP contribution in [0.15, 0.2) is 48.5 Å². The van der Waals surface area contributed by atoms with E-state index in [0.29, 0.717) is 17.4 Å². The minimum atomic E-state index is -1.01. The largest absolute Gasteiger partial charge is 0.460 e. The van der Waals surface area contributed by atoms with E-state index < -0.39 is 5.60 Å². The number of carbonyl (C=O) groups is 1. The zero-order valence-corrected chi connectivity index (χ0v) is 16.1. The number of hydrogen-bond donors (Lipinski definition) is 0. The third kappa shape index (κ3) is 3.68. The highest BCUT2D eigenvalue weighted by atomic mass is 35.5. The van der Waals surface area contributed by atoms with Crippen molar-refractivity contribution in [3.8, 4) is 5.88 Å². The molecule has 1 aromatic heterocycles. The summed E-state index contributed by atoms with van der Waals surface area (Å²) in [5, 5.41) is 6.18. The quantitative estimate of drug-likeness (QED) is 0.681. The summed E-state index contributed by atoms with van der Waals surface area (Å²) >= 11 is 6.09. The average molecular weight is 372 g/mol. The molecule has 0 unspecified atom stereocenters. The molecule has 0 fully saturated rings. The zero-order chi connectivity index (χ0) is 18.9. The Labute approximate surface area is 158 Å².